The number of carbonyl (C=O) groups is 1. The predicted octanol–water partition coefficient (Wildman–Crippen LogP) is -0.400. The van der Waals surface area contributed by atoms with Gasteiger partial charge in [-0.25, -0.2) is 0 Å². The Hall–Kier alpha value is -1.32. The standard InChI is InChI=1S/C5H9N3O.H2/c1-3(7)4(2-6)5(8)9;/h2,6H,7H2,1H3,(H2,8,9);1H/b4-3+,6-2?;. The van der Waals surface area contributed by atoms with Crippen LogP contribution in [0.1, 0.15) is 8.35 Å². The number of hydrogen-bond donors (Lipinski definition) is 3. The van der Waals surface area contributed by atoms with Crippen molar-refractivity contribution in [1.29, 1.82) is 5.41 Å². The number of allylic oxidation sites excluding steroid dienone is 1. The summed E-state index contributed by atoms with van der Waals surface area (Å²) in [6, 6.07) is 0. The molecule has 0 bridgehead atoms. The molecule has 0 atom stereocenters. The number of amides is 1. The van der Waals surface area contributed by atoms with E-state index in [1.54, 1.807) is 0 Å². The molecule has 0 aromatic carbocycles. The van der Waals surface area contributed by atoms with Gasteiger partial charge >= 0.3 is 0 Å². The van der Waals surface area contributed by atoms with Crippen LogP contribution in [0.5, 0.6) is 0 Å². The second-order valence-electron chi connectivity index (χ2n) is 1.61. The van der Waals surface area contributed by atoms with Gasteiger partial charge in [-0.2, -0.15) is 0 Å². The maximum Gasteiger partial charge on any atom is 0.251 e. The van der Waals surface area contributed by atoms with E-state index in [0.29, 0.717) is 0 Å². The van der Waals surface area contributed by atoms with Crippen molar-refractivity contribution in [2.24, 2.45) is 11.5 Å². The molecule has 0 aliphatic rings. The largest absolute Gasteiger partial charge is 0.402 e. The predicted molar refractivity (Wildman–Crippen MR) is 37.0 cm³/mol. The molecule has 4 nitrogen and oxygen atoms in total. The maximum atomic E-state index is 10.3. The molecular weight excluding hydrogens is 118 g/mol. The van der Waals surface area contributed by atoms with Gasteiger partial charge in [0.05, 0.1) is 5.57 Å². The molecule has 0 fully saturated rings. The fourth-order valence-electron chi connectivity index (χ4n) is 0.379. The van der Waals surface area contributed by atoms with Crippen molar-refractivity contribution in [1.82, 2.24) is 0 Å². The van der Waals surface area contributed by atoms with Gasteiger partial charge in [-0.1, -0.05) is 0 Å². The molecule has 1 amide bonds. The third kappa shape index (κ3) is 1.94. The van der Waals surface area contributed by atoms with E-state index in [1.807, 2.05) is 0 Å². The molecule has 0 aromatic heterocycles. The first-order valence-electron chi connectivity index (χ1n) is 2.36. The van der Waals surface area contributed by atoms with Gasteiger partial charge < -0.3 is 16.9 Å². The van der Waals surface area contributed by atoms with E-state index >= 15 is 0 Å². The average Bonchev–Trinajstić information content (AvgIpc) is 1.64. The molecule has 52 valence electrons. The minimum absolute atomic E-state index is 0. The lowest BCUT2D eigenvalue weighted by Crippen LogP contribution is -2.18. The summed E-state index contributed by atoms with van der Waals surface area (Å²) < 4.78 is 0. The van der Waals surface area contributed by atoms with Crippen molar-refractivity contribution < 1.29 is 6.22 Å². The van der Waals surface area contributed by atoms with Gasteiger partial charge in [-0.3, -0.25) is 4.79 Å². The Morgan fingerprint density at radius 1 is 1.67 bits per heavy atom. The van der Waals surface area contributed by atoms with E-state index < -0.39 is 5.91 Å². The average molecular weight is 129 g/mol. The Labute approximate surface area is 54.5 Å². The number of hydrogen-bond acceptors (Lipinski definition) is 3. The molecule has 0 aliphatic carbocycles. The highest BCUT2D eigenvalue weighted by Crippen LogP contribution is 1.91. The molecule has 0 spiro atoms. The summed E-state index contributed by atoms with van der Waals surface area (Å²) in [5, 5.41) is 6.66. The Balaban J connectivity index is 0. The number of primary amides is 1. The first-order chi connectivity index (χ1) is 4.09. The molecule has 5 N–H and O–H groups in total. The molecule has 0 aliphatic heterocycles. The van der Waals surface area contributed by atoms with Crippen molar-refractivity contribution >= 4 is 12.1 Å². The van der Waals surface area contributed by atoms with Gasteiger partial charge in [0.1, 0.15) is 0 Å². The monoisotopic (exact) mass is 129 g/mol. The molecule has 0 radical (unpaired) electrons. The van der Waals surface area contributed by atoms with Crippen molar-refractivity contribution in [2.75, 3.05) is 0 Å². The van der Waals surface area contributed by atoms with Crippen LogP contribution in [0.15, 0.2) is 11.3 Å². The van der Waals surface area contributed by atoms with E-state index in [0.717, 1.165) is 6.21 Å². The van der Waals surface area contributed by atoms with Gasteiger partial charge in [-0.15, -0.1) is 0 Å². The van der Waals surface area contributed by atoms with E-state index in [1.165, 1.54) is 6.92 Å². The molecule has 9 heavy (non-hydrogen) atoms. The van der Waals surface area contributed by atoms with Crippen LogP contribution in [0.4, 0.5) is 0 Å². The summed E-state index contributed by atoms with van der Waals surface area (Å²) in [7, 11) is 0. The lowest BCUT2D eigenvalue weighted by molar-refractivity contribution is -0.114. The summed E-state index contributed by atoms with van der Waals surface area (Å²) in [4.78, 5) is 10.3. The summed E-state index contributed by atoms with van der Waals surface area (Å²) in [5.74, 6) is -0.662. The smallest absolute Gasteiger partial charge is 0.251 e. The van der Waals surface area contributed by atoms with E-state index in [2.05, 4.69) is 0 Å². The highest BCUT2D eigenvalue weighted by Gasteiger charge is 2.01. The Morgan fingerprint density at radius 2 is 2.11 bits per heavy atom. The summed E-state index contributed by atoms with van der Waals surface area (Å²) in [6.07, 6.45) is 0.845. The number of rotatable bonds is 2. The van der Waals surface area contributed by atoms with Crippen molar-refractivity contribution in [2.45, 2.75) is 6.92 Å². The minimum Gasteiger partial charge on any atom is -0.402 e. The van der Waals surface area contributed by atoms with Gasteiger partial charge in [0.15, 0.2) is 0 Å². The topological polar surface area (TPSA) is 93.0 Å². The fraction of sp³-hybridized carbons (Fsp3) is 0.200. The quantitative estimate of drug-likeness (QED) is 0.349. The van der Waals surface area contributed by atoms with Crippen LogP contribution in [0.2, 0.25) is 0 Å². The summed E-state index contributed by atoms with van der Waals surface area (Å²) in [5.41, 5.74) is 10.3. The second-order valence-corrected chi connectivity index (χ2v) is 1.61. The van der Waals surface area contributed by atoms with Crippen LogP contribution in [0, 0.1) is 5.41 Å². The van der Waals surface area contributed by atoms with Crippen LogP contribution in [0.3, 0.4) is 0 Å². The van der Waals surface area contributed by atoms with Crippen molar-refractivity contribution in [3.05, 3.63) is 11.3 Å². The molecule has 0 heterocycles. The normalized spacial score (nSPS) is 12.1. The van der Waals surface area contributed by atoms with Gasteiger partial charge in [0, 0.05) is 13.3 Å². The van der Waals surface area contributed by atoms with E-state index in [9.17, 15) is 4.79 Å². The van der Waals surface area contributed by atoms with Crippen LogP contribution in [-0.2, 0) is 4.79 Å². The molecule has 0 rings (SSSR count). The second kappa shape index (κ2) is 2.86. The SMILES string of the molecule is C/C(N)=C(/C=N)C(N)=O.[HH]. The third-order valence-electron chi connectivity index (χ3n) is 0.835. The molecular formula is C5H11N3O. The molecule has 0 aromatic rings. The number of nitrogens with one attached hydrogen (secondary N) is 1. The highest BCUT2D eigenvalue weighted by atomic mass is 16.1. The van der Waals surface area contributed by atoms with E-state index in [4.69, 9.17) is 16.9 Å². The lowest BCUT2D eigenvalue weighted by atomic mass is 10.2. The number of carbonyl (C=O) groups excluding carboxylic acids is 1. The minimum atomic E-state index is -0.662. The van der Waals surface area contributed by atoms with Crippen molar-refractivity contribution in [3.63, 3.8) is 0 Å². The van der Waals surface area contributed by atoms with Gasteiger partial charge in [0.25, 0.3) is 5.91 Å². The zero-order valence-electron chi connectivity index (χ0n) is 5.14. The van der Waals surface area contributed by atoms with Crippen LogP contribution >= 0.6 is 0 Å². The molecule has 4 heteroatoms. The van der Waals surface area contributed by atoms with Crippen LogP contribution in [0.25, 0.3) is 0 Å². The molecule has 0 saturated carbocycles. The van der Waals surface area contributed by atoms with E-state index in [-0.39, 0.29) is 12.7 Å². The molecule has 0 saturated heterocycles. The van der Waals surface area contributed by atoms with Crippen molar-refractivity contribution in [3.8, 4) is 0 Å². The third-order valence-corrected chi connectivity index (χ3v) is 0.835. The summed E-state index contributed by atoms with van der Waals surface area (Å²) in [6.45, 7) is 1.52. The Kier molecular flexibility index (Phi) is 2.44. The van der Waals surface area contributed by atoms with Gasteiger partial charge in [0.2, 0.25) is 0 Å². The molecule has 0 unspecified atom stereocenters. The fourth-order valence-corrected chi connectivity index (χ4v) is 0.379. The zero-order valence-corrected chi connectivity index (χ0v) is 5.14. The first kappa shape index (κ1) is 7.68. The highest BCUT2D eigenvalue weighted by molar-refractivity contribution is 6.11. The van der Waals surface area contributed by atoms with Crippen LogP contribution < -0.4 is 11.5 Å². The Bertz CT molecular complexity index is 172. The van der Waals surface area contributed by atoms with Crippen LogP contribution in [-0.4, -0.2) is 12.1 Å². The summed E-state index contributed by atoms with van der Waals surface area (Å²) >= 11 is 0. The maximum absolute atomic E-state index is 10.3. The van der Waals surface area contributed by atoms with Gasteiger partial charge in [-0.05, 0) is 6.92 Å². The Morgan fingerprint density at radius 3 is 2.11 bits per heavy atom. The lowest BCUT2D eigenvalue weighted by Gasteiger charge is -1.94. The zero-order chi connectivity index (χ0) is 7.44. The number of nitrogens with two attached hydrogens (primary N) is 2. The first-order valence-corrected chi connectivity index (χ1v) is 2.36.